The molecule has 1 saturated heterocycles. The lowest BCUT2D eigenvalue weighted by Gasteiger charge is -2.32. The highest BCUT2D eigenvalue weighted by Crippen LogP contribution is 2.38. The number of benzene rings is 1. The van der Waals surface area contributed by atoms with Crippen LogP contribution in [-0.2, 0) is 9.31 Å². The Hall–Kier alpha value is -1.30. The van der Waals surface area contributed by atoms with Crippen molar-refractivity contribution in [3.8, 4) is 0 Å². The number of anilines is 1. The van der Waals surface area contributed by atoms with Crippen molar-refractivity contribution in [1.29, 1.82) is 0 Å². The van der Waals surface area contributed by atoms with Crippen molar-refractivity contribution in [1.82, 2.24) is 5.32 Å². The molecule has 0 spiro atoms. The molecule has 0 saturated carbocycles. The van der Waals surface area contributed by atoms with Crippen LogP contribution >= 0.6 is 0 Å². The summed E-state index contributed by atoms with van der Waals surface area (Å²) in [4.78, 5) is 2.10. The van der Waals surface area contributed by atoms with Crippen LogP contribution < -0.4 is 10.2 Å². The van der Waals surface area contributed by atoms with Gasteiger partial charge in [0.15, 0.2) is 0 Å². The number of nitrogens with zero attached hydrogens (tertiary/aromatic N) is 1. The van der Waals surface area contributed by atoms with Gasteiger partial charge in [-0.2, -0.15) is 0 Å². The Balaban J connectivity index is 2.30. The maximum atomic E-state index is 6.19. The van der Waals surface area contributed by atoms with Gasteiger partial charge in [-0.15, -0.1) is 0 Å². The number of rotatable bonds is 5. The molecule has 0 unspecified atom stereocenters. The molecule has 126 valence electrons. The lowest BCUT2D eigenvalue weighted by atomic mass is 9.77. The third-order valence-corrected chi connectivity index (χ3v) is 4.68. The molecule has 0 atom stereocenters. The van der Waals surface area contributed by atoms with Crippen LogP contribution in [0.3, 0.4) is 0 Å². The van der Waals surface area contributed by atoms with Crippen molar-refractivity contribution < 1.29 is 9.31 Å². The zero-order valence-electron chi connectivity index (χ0n) is 15.4. The average Bonchev–Trinajstić information content (AvgIpc) is 2.67. The Bertz CT molecular complexity index is 566. The van der Waals surface area contributed by atoms with Gasteiger partial charge >= 0.3 is 7.12 Å². The van der Waals surface area contributed by atoms with E-state index in [1.54, 1.807) is 0 Å². The molecule has 0 aromatic heterocycles. The lowest BCUT2D eigenvalue weighted by molar-refractivity contribution is 0.00578. The maximum absolute atomic E-state index is 6.19. The minimum Gasteiger partial charge on any atom is -0.400 e. The second-order valence-corrected chi connectivity index (χ2v) is 7.33. The molecule has 4 nitrogen and oxygen atoms in total. The van der Waals surface area contributed by atoms with E-state index in [1.165, 1.54) is 5.69 Å². The summed E-state index contributed by atoms with van der Waals surface area (Å²) in [7, 11) is 5.71. The van der Waals surface area contributed by atoms with E-state index >= 15 is 0 Å². The van der Waals surface area contributed by atoms with Gasteiger partial charge in [0.2, 0.25) is 0 Å². The summed E-state index contributed by atoms with van der Waals surface area (Å²) in [6, 6.07) is 8.45. The molecular formula is C18H29BN2O2. The topological polar surface area (TPSA) is 33.7 Å². The first kappa shape index (κ1) is 18.0. The largest absolute Gasteiger partial charge is 0.491 e. The average molecular weight is 316 g/mol. The Kier molecular flexibility index (Phi) is 5.24. The minimum atomic E-state index is -0.324. The van der Waals surface area contributed by atoms with Crippen LogP contribution in [0.1, 0.15) is 33.3 Å². The molecule has 2 rings (SSSR count). The smallest absolute Gasteiger partial charge is 0.400 e. The Morgan fingerprint density at radius 1 is 1.17 bits per heavy atom. The van der Waals surface area contributed by atoms with Crippen LogP contribution in [0.4, 0.5) is 5.69 Å². The highest BCUT2D eigenvalue weighted by atomic mass is 16.7. The van der Waals surface area contributed by atoms with E-state index in [0.717, 1.165) is 17.6 Å². The van der Waals surface area contributed by atoms with Crippen LogP contribution in [0.2, 0.25) is 0 Å². The second-order valence-electron chi connectivity index (χ2n) is 7.33. The van der Waals surface area contributed by atoms with Crippen LogP contribution in [0.25, 0.3) is 6.08 Å². The van der Waals surface area contributed by atoms with E-state index in [9.17, 15) is 0 Å². The van der Waals surface area contributed by atoms with Crippen LogP contribution in [-0.4, -0.2) is 46.0 Å². The summed E-state index contributed by atoms with van der Waals surface area (Å²) in [6.45, 7) is 9.05. The van der Waals surface area contributed by atoms with Gasteiger partial charge in [0.1, 0.15) is 0 Å². The zero-order valence-corrected chi connectivity index (χ0v) is 15.4. The molecule has 0 bridgehead atoms. The van der Waals surface area contributed by atoms with Crippen molar-refractivity contribution >= 4 is 18.9 Å². The van der Waals surface area contributed by atoms with Gasteiger partial charge in [-0.05, 0) is 57.9 Å². The molecule has 5 heteroatoms. The quantitative estimate of drug-likeness (QED) is 0.847. The Labute approximate surface area is 141 Å². The first-order chi connectivity index (χ1) is 10.7. The van der Waals surface area contributed by atoms with E-state index in [4.69, 9.17) is 9.31 Å². The molecular weight excluding hydrogens is 287 g/mol. The third kappa shape index (κ3) is 3.97. The van der Waals surface area contributed by atoms with Gasteiger partial charge in [0, 0.05) is 26.3 Å². The summed E-state index contributed by atoms with van der Waals surface area (Å²) in [6.07, 6.45) is 2.16. The molecule has 1 aliphatic rings. The summed E-state index contributed by atoms with van der Waals surface area (Å²) in [5.74, 6) is 0. The summed E-state index contributed by atoms with van der Waals surface area (Å²) < 4.78 is 12.4. The highest BCUT2D eigenvalue weighted by molar-refractivity contribution is 6.55. The normalized spacial score (nSPS) is 20.0. The predicted octanol–water partition coefficient (Wildman–Crippen LogP) is 2.99. The van der Waals surface area contributed by atoms with E-state index < -0.39 is 0 Å². The monoisotopic (exact) mass is 316 g/mol. The van der Waals surface area contributed by atoms with Gasteiger partial charge < -0.3 is 19.5 Å². The first-order valence-corrected chi connectivity index (χ1v) is 8.14. The molecule has 1 aromatic rings. The fraction of sp³-hybridized carbons (Fsp3) is 0.556. The molecule has 23 heavy (non-hydrogen) atoms. The van der Waals surface area contributed by atoms with Crippen LogP contribution in [0.15, 0.2) is 29.7 Å². The summed E-state index contributed by atoms with van der Waals surface area (Å²) >= 11 is 0. The lowest BCUT2D eigenvalue weighted by Crippen LogP contribution is -2.41. The molecule has 0 aliphatic carbocycles. The van der Waals surface area contributed by atoms with E-state index in [-0.39, 0.29) is 18.3 Å². The fourth-order valence-corrected chi connectivity index (χ4v) is 2.51. The minimum absolute atomic E-state index is 0.323. The summed E-state index contributed by atoms with van der Waals surface area (Å²) in [5, 5.41) is 3.22. The van der Waals surface area contributed by atoms with Crippen LogP contribution in [0, 0.1) is 0 Å². The van der Waals surface area contributed by atoms with Crippen molar-refractivity contribution in [2.75, 3.05) is 32.6 Å². The molecule has 1 N–H and O–H groups in total. The molecule has 1 fully saturated rings. The van der Waals surface area contributed by atoms with Gasteiger partial charge in [0.05, 0.1) is 11.2 Å². The highest BCUT2D eigenvalue weighted by Gasteiger charge is 2.52. The van der Waals surface area contributed by atoms with E-state index in [1.807, 2.05) is 21.1 Å². The Morgan fingerprint density at radius 2 is 1.78 bits per heavy atom. The number of likely N-dealkylation sites (N-methyl/N-ethyl adjacent to an activating group) is 1. The SMILES string of the molecule is CNCC(=Cc1cccc(N(C)C)c1)B1OC(C)(C)C(C)(C)O1. The van der Waals surface area contributed by atoms with E-state index in [0.29, 0.717) is 0 Å². The van der Waals surface area contributed by atoms with Crippen molar-refractivity contribution in [2.24, 2.45) is 0 Å². The zero-order chi connectivity index (χ0) is 17.3. The molecule has 0 amide bonds. The van der Waals surface area contributed by atoms with E-state index in [2.05, 4.69) is 68.3 Å². The van der Waals surface area contributed by atoms with Gasteiger partial charge in [-0.1, -0.05) is 18.2 Å². The van der Waals surface area contributed by atoms with Crippen molar-refractivity contribution in [2.45, 2.75) is 38.9 Å². The van der Waals surface area contributed by atoms with Crippen molar-refractivity contribution in [3.63, 3.8) is 0 Å². The molecule has 1 heterocycles. The van der Waals surface area contributed by atoms with Gasteiger partial charge in [-0.3, -0.25) is 0 Å². The predicted molar refractivity (Wildman–Crippen MR) is 98.8 cm³/mol. The number of hydrogen-bond donors (Lipinski definition) is 1. The van der Waals surface area contributed by atoms with Gasteiger partial charge in [-0.25, -0.2) is 0 Å². The second kappa shape index (κ2) is 6.67. The Morgan fingerprint density at radius 3 is 2.30 bits per heavy atom. The number of nitrogens with one attached hydrogen (secondary N) is 1. The summed E-state index contributed by atoms with van der Waals surface area (Å²) in [5.41, 5.74) is 2.78. The van der Waals surface area contributed by atoms with Crippen molar-refractivity contribution in [3.05, 3.63) is 35.3 Å². The standard InChI is InChI=1S/C18H29BN2O2/c1-17(2)18(3,4)23-19(22-17)15(13-20-5)11-14-9-8-10-16(12-14)21(6)7/h8-12,20H,13H2,1-7H3. The molecule has 1 aromatic carbocycles. The third-order valence-electron chi connectivity index (χ3n) is 4.68. The molecule has 0 radical (unpaired) electrons. The fourth-order valence-electron chi connectivity index (χ4n) is 2.51. The van der Waals surface area contributed by atoms with Crippen LogP contribution in [0.5, 0.6) is 0 Å². The number of hydrogen-bond acceptors (Lipinski definition) is 4. The molecule has 1 aliphatic heterocycles. The van der Waals surface area contributed by atoms with Gasteiger partial charge in [0.25, 0.3) is 0 Å². The maximum Gasteiger partial charge on any atom is 0.491 e. The first-order valence-electron chi connectivity index (χ1n) is 8.14.